The predicted molar refractivity (Wildman–Crippen MR) is 405 cm³/mol. The van der Waals surface area contributed by atoms with Gasteiger partial charge in [0.2, 0.25) is 0 Å². The molecule has 0 fully saturated rings. The summed E-state index contributed by atoms with van der Waals surface area (Å²) in [5, 5.41) is 82.3. The van der Waals surface area contributed by atoms with Crippen LogP contribution >= 0.6 is 57.5 Å². The van der Waals surface area contributed by atoms with Crippen LogP contribution in [0.25, 0.3) is 44.3 Å². The normalized spacial score (nSPS) is 14.0. The minimum atomic E-state index is -0.834. The number of aromatic nitrogens is 9. The van der Waals surface area contributed by atoms with Gasteiger partial charge in [0.1, 0.15) is 11.8 Å². The number of aromatic amines is 4. The molecule has 25 nitrogen and oxygen atoms in total. The highest BCUT2D eigenvalue weighted by molar-refractivity contribution is 7.15. The number of hydrogen-bond acceptors (Lipinski definition) is 15. The molecule has 0 aliphatic carbocycles. The maximum atomic E-state index is 14.1. The quantitative estimate of drug-likeness (QED) is 0.0574. The van der Waals surface area contributed by atoms with E-state index in [1.54, 1.807) is 92.4 Å². The highest BCUT2D eigenvalue weighted by Crippen LogP contribution is 2.37. The van der Waals surface area contributed by atoms with Crippen molar-refractivity contribution in [1.29, 1.82) is 5.26 Å². The second-order valence-corrected chi connectivity index (χ2v) is 28.2. The van der Waals surface area contributed by atoms with Gasteiger partial charge in [0, 0.05) is 155 Å². The van der Waals surface area contributed by atoms with Crippen LogP contribution in [-0.2, 0) is 65.1 Å². The topological polar surface area (TPSA) is 341 Å². The van der Waals surface area contributed by atoms with E-state index in [0.717, 1.165) is 106 Å². The van der Waals surface area contributed by atoms with Crippen molar-refractivity contribution in [3.63, 3.8) is 0 Å². The maximum absolute atomic E-state index is 14.1. The summed E-state index contributed by atoms with van der Waals surface area (Å²) < 4.78 is 14.1. The molecule has 11 N–H and O–H groups in total. The van der Waals surface area contributed by atoms with E-state index in [1.165, 1.54) is 34.9 Å². The summed E-state index contributed by atoms with van der Waals surface area (Å²) in [6.45, 7) is 3.26. The van der Waals surface area contributed by atoms with Crippen LogP contribution in [0.2, 0.25) is 15.1 Å². The molecule has 0 saturated carbocycles. The Hall–Kier alpha value is -11.3. The average molecular weight is 1520 g/mol. The Labute approximate surface area is 629 Å². The Morgan fingerprint density at radius 2 is 1.01 bits per heavy atom. The molecule has 4 aliphatic rings. The second-order valence-electron chi connectivity index (χ2n) is 24.8. The molecular weight excluding hydrogens is 1450 g/mol. The first-order valence-corrected chi connectivity index (χ1v) is 36.4. The van der Waals surface area contributed by atoms with Crippen molar-refractivity contribution in [2.75, 3.05) is 47.5 Å². The molecule has 16 rings (SSSR count). The zero-order valence-electron chi connectivity index (χ0n) is 56.4. The lowest BCUT2D eigenvalue weighted by Crippen LogP contribution is -2.48. The number of carbonyl (C=O) groups excluding carboxylic acids is 4. The van der Waals surface area contributed by atoms with Crippen LogP contribution in [0.3, 0.4) is 0 Å². The van der Waals surface area contributed by atoms with E-state index in [1.807, 2.05) is 90.3 Å². The van der Waals surface area contributed by atoms with Gasteiger partial charge in [0.15, 0.2) is 11.5 Å². The molecule has 1 unspecified atom stereocenters. The average Bonchev–Trinajstić information content (AvgIpc) is 1.61. The molecule has 12 aromatic rings. The summed E-state index contributed by atoms with van der Waals surface area (Å²) in [7, 11) is 0. The Bertz CT molecular complexity index is 5180. The summed E-state index contributed by atoms with van der Waals surface area (Å²) in [4.78, 5) is 63.9. The standard InChI is InChI=1S/C20H19ClN4O2.C19H15FN6O.2C18H17ClN4O2S/c21-14-7-4-8-15(9-14)22-20(27)25-11-17-18(10-16(25)12-26)23-24-19(17)13-5-2-1-3-6-13;20-17-15(6-8-22-16(17)10-21)23-19(27)26-9-7-14-13(11-26)18(25-24-14)12-4-2-1-3-5-12;19-11-2-1-3-12(8-11)20-18(25)23-6-4-15-14(9-23)17(22-21-15)13-5-7-26-16(13)10-24;19-11-2-1-3-12(8-11)20-18(25)23-7-6-15-14(9-23)17(22-21-15)16-5-4-13(10-24)26-16/h1-9,16,26H,10-12H2,(H,22,27)(H,23,24);1-6,8H,7,9,11H2,(H,24,25)(H,22,23,27);1-3,5,7-8,24H,4,6,9-10H2,(H,20,25)(H,21,22);1-5,8,24H,6-7,9-10H2,(H,20,25)(H,21,22). The number of urea groups is 4. The van der Waals surface area contributed by atoms with Gasteiger partial charge >= 0.3 is 24.1 Å². The van der Waals surface area contributed by atoms with E-state index >= 15 is 0 Å². The van der Waals surface area contributed by atoms with Gasteiger partial charge in [0.25, 0.3) is 0 Å². The van der Waals surface area contributed by atoms with Crippen LogP contribution in [0.4, 0.5) is 46.3 Å². The van der Waals surface area contributed by atoms with Gasteiger partial charge in [-0.1, -0.05) is 114 Å². The SMILES string of the molecule is N#Cc1nccc(NC(=O)N2CCc3[nH]nc(-c4ccccc4)c3C2)c1F.O=C(Nc1cccc(Cl)c1)N1CCc2[nH]nc(-c3ccc(CO)s3)c2C1.O=C(Nc1cccc(Cl)c1)N1CCc2[nH]nc(-c3ccsc3CO)c2C1.O=C(Nc1cccc(Cl)c1)N1Cc2c(-c3ccccc3)n[nH]c2CC1CO. The van der Waals surface area contributed by atoms with Crippen molar-refractivity contribution in [3.8, 4) is 50.4 Å². The minimum absolute atomic E-state index is 0.0193. The van der Waals surface area contributed by atoms with E-state index in [2.05, 4.69) is 67.0 Å². The first-order valence-electron chi connectivity index (χ1n) is 33.5. The highest BCUT2D eigenvalue weighted by atomic mass is 35.5. The molecular formula is C75H68Cl3FN18O7S2. The molecule has 5 aromatic carbocycles. The summed E-state index contributed by atoms with van der Waals surface area (Å²) in [6, 6.07) is 48.2. The molecule has 106 heavy (non-hydrogen) atoms. The number of aliphatic hydroxyl groups is 3. The number of aliphatic hydroxyl groups excluding tert-OH is 3. The summed E-state index contributed by atoms with van der Waals surface area (Å²) >= 11 is 21.0. The number of nitrogens with zero attached hydrogens (tertiary/aromatic N) is 10. The number of halogens is 4. The lowest BCUT2D eigenvalue weighted by molar-refractivity contribution is 0.129. The van der Waals surface area contributed by atoms with Gasteiger partial charge in [-0.15, -0.1) is 22.7 Å². The molecule has 0 saturated heterocycles. The molecule has 31 heteroatoms. The van der Waals surface area contributed by atoms with Gasteiger partial charge in [-0.3, -0.25) is 20.4 Å². The molecule has 8 amide bonds. The number of nitriles is 1. The number of benzene rings is 5. The Kier molecular flexibility index (Phi) is 23.2. The van der Waals surface area contributed by atoms with Crippen molar-refractivity contribution in [1.82, 2.24) is 65.4 Å². The van der Waals surface area contributed by atoms with Crippen molar-refractivity contribution in [2.45, 2.75) is 71.1 Å². The number of nitrogens with one attached hydrogen (secondary N) is 8. The number of anilines is 4. The Morgan fingerprint density at radius 1 is 0.538 bits per heavy atom. The van der Waals surface area contributed by atoms with E-state index in [-0.39, 0.29) is 55.3 Å². The molecule has 540 valence electrons. The molecule has 4 aliphatic heterocycles. The zero-order chi connectivity index (χ0) is 73.8. The first-order chi connectivity index (χ1) is 51.6. The number of carbonyl (C=O) groups is 4. The molecule has 1 atom stereocenters. The van der Waals surface area contributed by atoms with Gasteiger partial charge in [-0.05, 0) is 84.2 Å². The fourth-order valence-corrected chi connectivity index (χ4v) is 14.9. The molecule has 11 heterocycles. The maximum Gasteiger partial charge on any atom is 0.322 e. The third kappa shape index (κ3) is 16.9. The zero-order valence-corrected chi connectivity index (χ0v) is 60.3. The number of pyridine rings is 1. The summed E-state index contributed by atoms with van der Waals surface area (Å²) in [5.41, 5.74) is 15.8. The number of rotatable bonds is 11. The lowest BCUT2D eigenvalue weighted by Gasteiger charge is -2.34. The van der Waals surface area contributed by atoms with Crippen LogP contribution in [0, 0.1) is 17.1 Å². The molecule has 0 bridgehead atoms. The third-order valence-corrected chi connectivity index (χ3v) is 20.7. The van der Waals surface area contributed by atoms with Crippen molar-refractivity contribution in [3.05, 3.63) is 251 Å². The number of hydrogen-bond donors (Lipinski definition) is 11. The second kappa shape index (κ2) is 33.7. The van der Waals surface area contributed by atoms with Crippen molar-refractivity contribution >= 4 is 104 Å². The van der Waals surface area contributed by atoms with Crippen LogP contribution in [-0.4, -0.2) is 137 Å². The van der Waals surface area contributed by atoms with E-state index in [4.69, 9.17) is 40.1 Å². The van der Waals surface area contributed by atoms with Crippen LogP contribution in [0.15, 0.2) is 169 Å². The number of fused-ring (bicyclic) bond motifs is 4. The van der Waals surface area contributed by atoms with Gasteiger partial charge in [-0.25, -0.2) is 28.6 Å². The fraction of sp³-hybridized carbons (Fsp3) is 0.200. The van der Waals surface area contributed by atoms with Crippen molar-refractivity contribution < 1.29 is 38.9 Å². The predicted octanol–water partition coefficient (Wildman–Crippen LogP) is 14.5. The monoisotopic (exact) mass is 1520 g/mol. The molecule has 7 aromatic heterocycles. The summed E-state index contributed by atoms with van der Waals surface area (Å²) in [6.07, 6.45) is 3.88. The molecule has 0 spiro atoms. The Balaban J connectivity index is 0.000000125. The van der Waals surface area contributed by atoms with Crippen LogP contribution < -0.4 is 21.3 Å². The van der Waals surface area contributed by atoms with Gasteiger partial charge < -0.3 is 56.2 Å². The minimum Gasteiger partial charge on any atom is -0.394 e. The van der Waals surface area contributed by atoms with E-state index < -0.39 is 11.8 Å². The lowest BCUT2D eigenvalue weighted by atomic mass is 9.97. The van der Waals surface area contributed by atoms with E-state index in [9.17, 15) is 38.9 Å². The van der Waals surface area contributed by atoms with Gasteiger partial charge in [-0.2, -0.15) is 25.7 Å². The van der Waals surface area contributed by atoms with Crippen LogP contribution in [0.1, 0.15) is 60.5 Å². The fourth-order valence-electron chi connectivity index (χ4n) is 12.7. The van der Waals surface area contributed by atoms with Crippen molar-refractivity contribution in [2.24, 2.45) is 0 Å². The largest absolute Gasteiger partial charge is 0.394 e. The third-order valence-electron chi connectivity index (χ3n) is 18.0. The van der Waals surface area contributed by atoms with Gasteiger partial charge in [0.05, 0.1) is 79.7 Å². The first kappa shape index (κ1) is 73.1. The van der Waals surface area contributed by atoms with Crippen LogP contribution in [0.5, 0.6) is 0 Å². The smallest absolute Gasteiger partial charge is 0.322 e. The number of thiophene rings is 2. The number of H-pyrrole nitrogens is 4. The Morgan fingerprint density at radius 3 is 1.50 bits per heavy atom. The molecule has 0 radical (unpaired) electrons. The summed E-state index contributed by atoms with van der Waals surface area (Å²) in [5.74, 6) is -0.834. The van der Waals surface area contributed by atoms with E-state index in [0.29, 0.717) is 97.2 Å². The highest BCUT2D eigenvalue weighted by Gasteiger charge is 2.34. The number of amides is 8.